The minimum atomic E-state index is 0.0329. The fourth-order valence-corrected chi connectivity index (χ4v) is 3.67. The first kappa shape index (κ1) is 22.2. The molecule has 6 heteroatoms. The highest BCUT2D eigenvalue weighted by molar-refractivity contribution is 6.32. The molecule has 2 amide bonds. The maximum absolute atomic E-state index is 12.7. The Bertz CT molecular complexity index is 859. The number of benzene rings is 2. The number of rotatable bonds is 7. The van der Waals surface area contributed by atoms with E-state index in [0.717, 1.165) is 0 Å². The van der Waals surface area contributed by atoms with Gasteiger partial charge in [0.05, 0.1) is 11.6 Å². The lowest BCUT2D eigenvalue weighted by atomic mass is 10.0. The first-order chi connectivity index (χ1) is 14.5. The number of nitrogens with zero attached hydrogens (tertiary/aromatic N) is 2. The van der Waals surface area contributed by atoms with Gasteiger partial charge in [-0.2, -0.15) is 0 Å². The van der Waals surface area contributed by atoms with E-state index in [4.69, 9.17) is 16.3 Å². The van der Waals surface area contributed by atoms with Gasteiger partial charge in [-0.15, -0.1) is 0 Å². The predicted molar refractivity (Wildman–Crippen MR) is 119 cm³/mol. The Morgan fingerprint density at radius 1 is 0.967 bits per heavy atom. The molecule has 30 heavy (non-hydrogen) atoms. The fourth-order valence-electron chi connectivity index (χ4n) is 3.48. The predicted octanol–water partition coefficient (Wildman–Crippen LogP) is 4.61. The Balaban J connectivity index is 1.40. The molecular weight excluding hydrogens is 400 g/mol. The number of para-hydroxylation sites is 1. The summed E-state index contributed by atoms with van der Waals surface area (Å²) in [5.74, 6) is 1.22. The van der Waals surface area contributed by atoms with Crippen molar-refractivity contribution in [2.24, 2.45) is 0 Å². The van der Waals surface area contributed by atoms with Crippen LogP contribution in [-0.2, 0) is 4.79 Å². The molecule has 5 nitrogen and oxygen atoms in total. The van der Waals surface area contributed by atoms with Crippen LogP contribution in [0.1, 0.15) is 48.5 Å². The van der Waals surface area contributed by atoms with E-state index in [-0.39, 0.29) is 11.8 Å². The molecular formula is C24H29ClN2O3. The van der Waals surface area contributed by atoms with Gasteiger partial charge in [-0.05, 0) is 42.2 Å². The highest BCUT2D eigenvalue weighted by Crippen LogP contribution is 2.23. The number of halogens is 1. The van der Waals surface area contributed by atoms with E-state index in [1.54, 1.807) is 6.07 Å². The minimum Gasteiger partial charge on any atom is -0.492 e. The normalized spacial score (nSPS) is 14.1. The molecule has 0 radical (unpaired) electrons. The molecule has 1 heterocycles. The standard InChI is InChI=1S/C24H29ClN2O3/c1-18(2)19-9-11-20(12-10-19)24(29)27-15-13-26(14-16-27)23(28)8-5-17-30-22-7-4-3-6-21(22)25/h3-4,6-7,9-12,18H,5,8,13-17H2,1-2H3. The zero-order valence-corrected chi connectivity index (χ0v) is 18.4. The lowest BCUT2D eigenvalue weighted by Gasteiger charge is -2.35. The molecule has 1 saturated heterocycles. The van der Waals surface area contributed by atoms with Gasteiger partial charge in [0.2, 0.25) is 5.91 Å². The molecule has 160 valence electrons. The summed E-state index contributed by atoms with van der Waals surface area (Å²) in [7, 11) is 0. The quantitative estimate of drug-likeness (QED) is 0.605. The smallest absolute Gasteiger partial charge is 0.253 e. The largest absolute Gasteiger partial charge is 0.492 e. The van der Waals surface area contributed by atoms with E-state index in [1.807, 2.05) is 52.3 Å². The van der Waals surface area contributed by atoms with Gasteiger partial charge in [0.1, 0.15) is 5.75 Å². The van der Waals surface area contributed by atoms with Crippen LogP contribution in [0.4, 0.5) is 0 Å². The topological polar surface area (TPSA) is 49.9 Å². The van der Waals surface area contributed by atoms with Crippen molar-refractivity contribution < 1.29 is 14.3 Å². The number of amides is 2. The second-order valence-corrected chi connectivity index (χ2v) is 8.24. The van der Waals surface area contributed by atoms with E-state index >= 15 is 0 Å². The zero-order chi connectivity index (χ0) is 21.5. The number of hydrogen-bond acceptors (Lipinski definition) is 3. The van der Waals surface area contributed by atoms with Gasteiger partial charge in [-0.3, -0.25) is 9.59 Å². The zero-order valence-electron chi connectivity index (χ0n) is 17.6. The van der Waals surface area contributed by atoms with E-state index in [0.29, 0.717) is 67.9 Å². The number of ether oxygens (including phenoxy) is 1. The van der Waals surface area contributed by atoms with Crippen LogP contribution < -0.4 is 4.74 Å². The molecule has 3 rings (SSSR count). The summed E-state index contributed by atoms with van der Waals surface area (Å²) < 4.78 is 5.64. The van der Waals surface area contributed by atoms with Gasteiger partial charge in [0.25, 0.3) is 5.91 Å². The third-order valence-electron chi connectivity index (χ3n) is 5.37. The van der Waals surface area contributed by atoms with Gasteiger partial charge < -0.3 is 14.5 Å². The number of carbonyl (C=O) groups is 2. The lowest BCUT2D eigenvalue weighted by molar-refractivity contribution is -0.132. The van der Waals surface area contributed by atoms with E-state index < -0.39 is 0 Å². The first-order valence-corrected chi connectivity index (χ1v) is 10.9. The van der Waals surface area contributed by atoms with Crippen molar-refractivity contribution in [3.8, 4) is 5.75 Å². The Hall–Kier alpha value is -2.53. The number of carbonyl (C=O) groups excluding carboxylic acids is 2. The maximum atomic E-state index is 12.7. The number of hydrogen-bond donors (Lipinski definition) is 0. The maximum Gasteiger partial charge on any atom is 0.253 e. The molecule has 1 aliphatic heterocycles. The highest BCUT2D eigenvalue weighted by Gasteiger charge is 2.24. The van der Waals surface area contributed by atoms with Crippen molar-refractivity contribution in [1.29, 1.82) is 0 Å². The van der Waals surface area contributed by atoms with Crippen LogP contribution in [0.2, 0.25) is 5.02 Å². The van der Waals surface area contributed by atoms with Crippen molar-refractivity contribution >= 4 is 23.4 Å². The Morgan fingerprint density at radius 2 is 1.60 bits per heavy atom. The summed E-state index contributed by atoms with van der Waals surface area (Å²) in [6.45, 7) is 6.98. The van der Waals surface area contributed by atoms with Crippen molar-refractivity contribution in [3.05, 3.63) is 64.7 Å². The molecule has 0 aromatic heterocycles. The van der Waals surface area contributed by atoms with Gasteiger partial charge >= 0.3 is 0 Å². The van der Waals surface area contributed by atoms with Crippen LogP contribution in [0.15, 0.2) is 48.5 Å². The molecule has 0 saturated carbocycles. The fraction of sp³-hybridized carbons (Fsp3) is 0.417. The molecule has 0 bridgehead atoms. The molecule has 0 atom stereocenters. The van der Waals surface area contributed by atoms with Gasteiger partial charge in [-0.1, -0.05) is 49.7 Å². The monoisotopic (exact) mass is 428 g/mol. The molecule has 0 aliphatic carbocycles. The molecule has 0 N–H and O–H groups in total. The van der Waals surface area contributed by atoms with Crippen molar-refractivity contribution in [2.45, 2.75) is 32.6 Å². The molecule has 1 fully saturated rings. The molecule has 1 aliphatic rings. The van der Waals surface area contributed by atoms with Crippen LogP contribution in [0.3, 0.4) is 0 Å². The summed E-state index contributed by atoms with van der Waals surface area (Å²) in [5, 5.41) is 0.573. The first-order valence-electron chi connectivity index (χ1n) is 10.5. The van der Waals surface area contributed by atoms with E-state index in [1.165, 1.54) is 5.56 Å². The SMILES string of the molecule is CC(C)c1ccc(C(=O)N2CCN(C(=O)CCCOc3ccccc3Cl)CC2)cc1. The second kappa shape index (κ2) is 10.5. The van der Waals surface area contributed by atoms with E-state index in [2.05, 4.69) is 13.8 Å². The summed E-state index contributed by atoms with van der Waals surface area (Å²) in [5.41, 5.74) is 1.93. The van der Waals surface area contributed by atoms with Crippen molar-refractivity contribution in [1.82, 2.24) is 9.80 Å². The van der Waals surface area contributed by atoms with Gasteiger partial charge in [-0.25, -0.2) is 0 Å². The number of piperazine rings is 1. The van der Waals surface area contributed by atoms with Gasteiger partial charge in [0.15, 0.2) is 0 Å². The van der Waals surface area contributed by atoms with Crippen LogP contribution in [0.5, 0.6) is 5.75 Å². The molecule has 0 unspecified atom stereocenters. The average Bonchev–Trinajstić information content (AvgIpc) is 2.77. The summed E-state index contributed by atoms with van der Waals surface area (Å²) >= 11 is 6.06. The van der Waals surface area contributed by atoms with Gasteiger partial charge in [0, 0.05) is 38.2 Å². The summed E-state index contributed by atoms with van der Waals surface area (Å²) in [6.07, 6.45) is 1.06. The average molecular weight is 429 g/mol. The van der Waals surface area contributed by atoms with Crippen LogP contribution >= 0.6 is 11.6 Å². The third kappa shape index (κ3) is 5.76. The Kier molecular flexibility index (Phi) is 7.75. The Morgan fingerprint density at radius 3 is 2.23 bits per heavy atom. The summed E-state index contributed by atoms with van der Waals surface area (Å²) in [6, 6.07) is 15.1. The van der Waals surface area contributed by atoms with Crippen molar-refractivity contribution in [2.75, 3.05) is 32.8 Å². The summed E-state index contributed by atoms with van der Waals surface area (Å²) in [4.78, 5) is 28.9. The highest BCUT2D eigenvalue weighted by atomic mass is 35.5. The van der Waals surface area contributed by atoms with Crippen LogP contribution in [0.25, 0.3) is 0 Å². The molecule has 0 spiro atoms. The van der Waals surface area contributed by atoms with Crippen molar-refractivity contribution in [3.63, 3.8) is 0 Å². The minimum absolute atomic E-state index is 0.0329. The Labute approximate surface area is 183 Å². The van der Waals surface area contributed by atoms with E-state index in [9.17, 15) is 9.59 Å². The second-order valence-electron chi connectivity index (χ2n) is 7.83. The molecule has 2 aromatic rings. The third-order valence-corrected chi connectivity index (χ3v) is 5.69. The molecule has 2 aromatic carbocycles. The van der Waals surface area contributed by atoms with Crippen LogP contribution in [0, 0.1) is 0 Å². The lowest BCUT2D eigenvalue weighted by Crippen LogP contribution is -2.50. The van der Waals surface area contributed by atoms with Crippen LogP contribution in [-0.4, -0.2) is 54.4 Å².